The van der Waals surface area contributed by atoms with Crippen LogP contribution in [0.3, 0.4) is 0 Å². The molecule has 0 aliphatic rings. The molecule has 0 N–H and O–H groups in total. The molecule has 0 unspecified atom stereocenters. The smallest absolute Gasteiger partial charge is 0.0973 e. The van der Waals surface area contributed by atoms with Gasteiger partial charge in [0.2, 0.25) is 0 Å². The van der Waals surface area contributed by atoms with Crippen molar-refractivity contribution in [2.75, 3.05) is 4.90 Å². The number of para-hydroxylation sites is 3. The van der Waals surface area contributed by atoms with Crippen molar-refractivity contribution in [1.82, 2.24) is 9.97 Å². The van der Waals surface area contributed by atoms with Gasteiger partial charge >= 0.3 is 0 Å². The van der Waals surface area contributed by atoms with Gasteiger partial charge in [-0.3, -0.25) is 0 Å². The Bertz CT molecular complexity index is 2230. The first-order valence-electron chi connectivity index (χ1n) is 15.8. The topological polar surface area (TPSA) is 29.0 Å². The molecule has 3 heteroatoms. The van der Waals surface area contributed by atoms with Crippen molar-refractivity contribution in [3.63, 3.8) is 0 Å². The fourth-order valence-electron chi connectivity index (χ4n) is 6.18. The first-order chi connectivity index (χ1) is 23.3. The maximum Gasteiger partial charge on any atom is 0.0973 e. The van der Waals surface area contributed by atoms with E-state index in [1.165, 1.54) is 11.1 Å². The molecule has 0 aliphatic carbocycles. The van der Waals surface area contributed by atoms with E-state index in [1.54, 1.807) is 0 Å². The molecule has 8 aromatic rings. The highest BCUT2D eigenvalue weighted by Crippen LogP contribution is 2.38. The van der Waals surface area contributed by atoms with Crippen LogP contribution in [0.2, 0.25) is 0 Å². The molecule has 3 nitrogen and oxygen atoms in total. The zero-order valence-electron chi connectivity index (χ0n) is 25.7. The molecule has 8 rings (SSSR count). The number of fused-ring (bicyclic) bond motifs is 1. The first kappa shape index (κ1) is 28.2. The number of benzene rings is 7. The van der Waals surface area contributed by atoms with Crippen LogP contribution < -0.4 is 4.90 Å². The van der Waals surface area contributed by atoms with E-state index in [2.05, 4.69) is 169 Å². The molecule has 222 valence electrons. The van der Waals surface area contributed by atoms with Gasteiger partial charge in [-0.05, 0) is 65.2 Å². The molecule has 1 aromatic heterocycles. The van der Waals surface area contributed by atoms with Crippen LogP contribution in [0.1, 0.15) is 0 Å². The number of hydrogen-bond acceptors (Lipinski definition) is 3. The van der Waals surface area contributed by atoms with E-state index in [9.17, 15) is 0 Å². The molecule has 0 aliphatic heterocycles. The van der Waals surface area contributed by atoms with Gasteiger partial charge in [0.25, 0.3) is 0 Å². The summed E-state index contributed by atoms with van der Waals surface area (Å²) in [5.41, 5.74) is 13.3. The van der Waals surface area contributed by atoms with E-state index >= 15 is 0 Å². The summed E-state index contributed by atoms with van der Waals surface area (Å²) < 4.78 is 0. The van der Waals surface area contributed by atoms with Crippen molar-refractivity contribution < 1.29 is 0 Å². The van der Waals surface area contributed by atoms with E-state index in [0.29, 0.717) is 0 Å². The molecule has 0 spiro atoms. The minimum Gasteiger partial charge on any atom is -0.311 e. The van der Waals surface area contributed by atoms with Crippen molar-refractivity contribution in [3.05, 3.63) is 188 Å². The fraction of sp³-hybridized carbons (Fsp3) is 0. The van der Waals surface area contributed by atoms with Crippen molar-refractivity contribution in [3.8, 4) is 44.8 Å². The van der Waals surface area contributed by atoms with Crippen LogP contribution in [0, 0.1) is 0 Å². The predicted octanol–water partition coefficient (Wildman–Crippen LogP) is 11.8. The largest absolute Gasteiger partial charge is 0.311 e. The van der Waals surface area contributed by atoms with Gasteiger partial charge in [0.15, 0.2) is 0 Å². The molecule has 0 fully saturated rings. The van der Waals surface area contributed by atoms with Crippen LogP contribution in [0.25, 0.3) is 55.8 Å². The van der Waals surface area contributed by atoms with Gasteiger partial charge in [0.05, 0.1) is 22.4 Å². The Hall–Kier alpha value is -6.32. The molecular weight excluding hydrogens is 571 g/mol. The Labute approximate surface area is 275 Å². The summed E-state index contributed by atoms with van der Waals surface area (Å²) in [7, 11) is 0. The SMILES string of the molecule is c1ccc(-c2cccc(-c3cccc4nc(-c5ccccc5)c(-c5ccc(N(c6ccccc6)c6ccccc6)cc5)nc34)c2)cc1. The highest BCUT2D eigenvalue weighted by molar-refractivity contribution is 5.96. The van der Waals surface area contributed by atoms with Gasteiger partial charge in [-0.1, -0.05) is 140 Å². The van der Waals surface area contributed by atoms with Crippen molar-refractivity contribution >= 4 is 28.1 Å². The lowest BCUT2D eigenvalue weighted by molar-refractivity contribution is 1.27. The van der Waals surface area contributed by atoms with Gasteiger partial charge in [0, 0.05) is 33.8 Å². The summed E-state index contributed by atoms with van der Waals surface area (Å²) in [5.74, 6) is 0. The highest BCUT2D eigenvalue weighted by atomic mass is 15.1. The number of nitrogens with zero attached hydrogens (tertiary/aromatic N) is 3. The summed E-state index contributed by atoms with van der Waals surface area (Å²) in [6.07, 6.45) is 0. The lowest BCUT2D eigenvalue weighted by atomic mass is 9.97. The zero-order chi connectivity index (χ0) is 31.4. The number of aromatic nitrogens is 2. The lowest BCUT2D eigenvalue weighted by Crippen LogP contribution is -2.09. The summed E-state index contributed by atoms with van der Waals surface area (Å²) >= 11 is 0. The molecule has 0 bridgehead atoms. The Morgan fingerprint density at radius 1 is 0.319 bits per heavy atom. The molecule has 0 saturated carbocycles. The molecule has 7 aromatic carbocycles. The van der Waals surface area contributed by atoms with Crippen LogP contribution in [-0.2, 0) is 0 Å². The van der Waals surface area contributed by atoms with Crippen LogP contribution in [0.15, 0.2) is 188 Å². The third-order valence-electron chi connectivity index (χ3n) is 8.45. The molecule has 47 heavy (non-hydrogen) atoms. The van der Waals surface area contributed by atoms with Crippen molar-refractivity contribution in [2.45, 2.75) is 0 Å². The summed E-state index contributed by atoms with van der Waals surface area (Å²) in [6, 6.07) is 65.4. The van der Waals surface area contributed by atoms with Crippen molar-refractivity contribution in [1.29, 1.82) is 0 Å². The Morgan fingerprint density at radius 2 is 0.787 bits per heavy atom. The quantitative estimate of drug-likeness (QED) is 0.182. The van der Waals surface area contributed by atoms with Crippen LogP contribution in [0.4, 0.5) is 17.1 Å². The summed E-state index contributed by atoms with van der Waals surface area (Å²) in [6.45, 7) is 0. The van der Waals surface area contributed by atoms with Crippen LogP contribution in [0.5, 0.6) is 0 Å². The van der Waals surface area contributed by atoms with Gasteiger partial charge in [-0.15, -0.1) is 0 Å². The Balaban J connectivity index is 1.27. The monoisotopic (exact) mass is 601 g/mol. The summed E-state index contributed by atoms with van der Waals surface area (Å²) in [4.78, 5) is 13.0. The molecule has 0 atom stereocenters. The van der Waals surface area contributed by atoms with E-state index in [0.717, 1.165) is 61.7 Å². The minimum absolute atomic E-state index is 0.855. The molecule has 0 saturated heterocycles. The fourth-order valence-corrected chi connectivity index (χ4v) is 6.18. The summed E-state index contributed by atoms with van der Waals surface area (Å²) in [5, 5.41) is 0. The van der Waals surface area contributed by atoms with Crippen LogP contribution in [-0.4, -0.2) is 9.97 Å². The average molecular weight is 602 g/mol. The maximum atomic E-state index is 5.42. The normalized spacial score (nSPS) is 11.0. The molecule has 0 amide bonds. The van der Waals surface area contributed by atoms with E-state index in [-0.39, 0.29) is 0 Å². The Kier molecular flexibility index (Phi) is 7.54. The third kappa shape index (κ3) is 5.67. The predicted molar refractivity (Wildman–Crippen MR) is 196 cm³/mol. The van der Waals surface area contributed by atoms with E-state index < -0.39 is 0 Å². The molecular formula is C44H31N3. The van der Waals surface area contributed by atoms with Gasteiger partial charge < -0.3 is 4.90 Å². The van der Waals surface area contributed by atoms with Gasteiger partial charge in [-0.25, -0.2) is 9.97 Å². The second-order valence-electron chi connectivity index (χ2n) is 11.5. The van der Waals surface area contributed by atoms with Gasteiger partial charge in [-0.2, -0.15) is 0 Å². The minimum atomic E-state index is 0.855. The second kappa shape index (κ2) is 12.6. The first-order valence-corrected chi connectivity index (χ1v) is 15.8. The zero-order valence-corrected chi connectivity index (χ0v) is 25.7. The van der Waals surface area contributed by atoms with Crippen molar-refractivity contribution in [2.24, 2.45) is 0 Å². The number of anilines is 3. The molecule has 0 radical (unpaired) electrons. The average Bonchev–Trinajstić information content (AvgIpc) is 3.16. The maximum absolute atomic E-state index is 5.42. The standard InChI is InChI=1S/C44H31N3/c1-5-15-32(16-6-1)35-19-13-20-36(31-35)40-25-14-26-41-44(40)46-43(42(45-41)33-17-7-2-8-18-33)34-27-29-39(30-28-34)47(37-21-9-3-10-22-37)38-23-11-4-12-24-38/h1-31H. The highest BCUT2D eigenvalue weighted by Gasteiger charge is 2.18. The number of hydrogen-bond donors (Lipinski definition) is 0. The van der Waals surface area contributed by atoms with E-state index in [1.807, 2.05) is 24.3 Å². The lowest BCUT2D eigenvalue weighted by Gasteiger charge is -2.25. The second-order valence-corrected chi connectivity index (χ2v) is 11.5. The van der Waals surface area contributed by atoms with Gasteiger partial charge in [0.1, 0.15) is 0 Å². The van der Waals surface area contributed by atoms with E-state index in [4.69, 9.17) is 9.97 Å². The third-order valence-corrected chi connectivity index (χ3v) is 8.45. The molecule has 1 heterocycles. The Morgan fingerprint density at radius 3 is 1.43 bits per heavy atom. The number of rotatable bonds is 7. The van der Waals surface area contributed by atoms with Crippen LogP contribution >= 0.6 is 0 Å².